The Kier molecular flexibility index (Phi) is 5.62. The number of hydrogen-bond donors (Lipinski definition) is 1. The molecule has 2 aromatic heterocycles. The van der Waals surface area contributed by atoms with Crippen LogP contribution in [0.15, 0.2) is 36.4 Å². The molecule has 1 aromatic carbocycles. The van der Waals surface area contributed by atoms with Crippen molar-refractivity contribution in [2.75, 3.05) is 31.7 Å². The summed E-state index contributed by atoms with van der Waals surface area (Å²) in [5.74, 6) is 1.55. The maximum atomic E-state index is 12.0. The number of pyridine rings is 1. The van der Waals surface area contributed by atoms with Crippen LogP contribution in [0.25, 0.3) is 22.3 Å². The molecule has 1 amide bonds. The lowest BCUT2D eigenvalue weighted by molar-refractivity contribution is 0.0963. The second-order valence-corrected chi connectivity index (χ2v) is 8.97. The highest BCUT2D eigenvalue weighted by Crippen LogP contribution is 2.31. The van der Waals surface area contributed by atoms with E-state index in [4.69, 9.17) is 19.7 Å². The van der Waals surface area contributed by atoms with Crippen LogP contribution in [0.5, 0.6) is 0 Å². The number of anilines is 1. The Morgan fingerprint density at radius 3 is 2.68 bits per heavy atom. The van der Waals surface area contributed by atoms with Crippen LogP contribution in [0, 0.1) is 0 Å². The molecule has 0 saturated carbocycles. The third-order valence-corrected chi connectivity index (χ3v) is 5.50. The Hall–Kier alpha value is -3.06. The minimum atomic E-state index is -0.213. The van der Waals surface area contributed by atoms with Gasteiger partial charge in [-0.2, -0.15) is 0 Å². The first-order chi connectivity index (χ1) is 14.8. The van der Waals surface area contributed by atoms with Crippen molar-refractivity contribution >= 4 is 22.8 Å². The summed E-state index contributed by atoms with van der Waals surface area (Å²) in [4.78, 5) is 29.0. The van der Waals surface area contributed by atoms with Crippen molar-refractivity contribution in [2.45, 2.75) is 39.2 Å². The molecule has 1 aliphatic heterocycles. The Bertz CT molecular complexity index is 1120. The van der Waals surface area contributed by atoms with Crippen molar-refractivity contribution in [3.63, 3.8) is 0 Å². The zero-order chi connectivity index (χ0) is 22.2. The van der Waals surface area contributed by atoms with Crippen LogP contribution in [0.1, 0.15) is 43.9 Å². The zero-order valence-corrected chi connectivity index (χ0v) is 18.8. The van der Waals surface area contributed by atoms with Gasteiger partial charge in [0, 0.05) is 30.1 Å². The molecule has 31 heavy (non-hydrogen) atoms. The molecule has 1 aliphatic rings. The summed E-state index contributed by atoms with van der Waals surface area (Å²) in [6.07, 6.45) is 0. The maximum absolute atomic E-state index is 12.0. The van der Waals surface area contributed by atoms with Gasteiger partial charge < -0.3 is 15.0 Å². The van der Waals surface area contributed by atoms with Gasteiger partial charge in [-0.3, -0.25) is 4.79 Å². The molecule has 3 heterocycles. The molecule has 1 N–H and O–H groups in total. The third kappa shape index (κ3) is 4.23. The largest absolute Gasteiger partial charge is 0.377 e. The number of aromatic nitrogens is 3. The van der Waals surface area contributed by atoms with E-state index in [1.165, 1.54) is 0 Å². The van der Waals surface area contributed by atoms with Gasteiger partial charge in [-0.1, -0.05) is 32.9 Å². The van der Waals surface area contributed by atoms with Crippen LogP contribution in [-0.2, 0) is 10.2 Å². The van der Waals surface area contributed by atoms with Crippen molar-refractivity contribution in [3.8, 4) is 11.3 Å². The summed E-state index contributed by atoms with van der Waals surface area (Å²) in [6.45, 7) is 10.6. The van der Waals surface area contributed by atoms with Gasteiger partial charge in [0.15, 0.2) is 5.65 Å². The first-order valence-electron chi connectivity index (χ1n) is 10.6. The lowest BCUT2D eigenvalue weighted by Gasteiger charge is -2.35. The number of fused-ring (bicyclic) bond motifs is 1. The summed E-state index contributed by atoms with van der Waals surface area (Å²) in [5.41, 5.74) is 2.70. The lowest BCUT2D eigenvalue weighted by Crippen LogP contribution is -2.44. The lowest BCUT2D eigenvalue weighted by atomic mass is 9.95. The van der Waals surface area contributed by atoms with E-state index in [1.54, 1.807) is 13.1 Å². The van der Waals surface area contributed by atoms with Crippen molar-refractivity contribution in [3.05, 3.63) is 47.8 Å². The fourth-order valence-corrected chi connectivity index (χ4v) is 3.72. The standard InChI is InChI=1S/C24H29N5O2/c1-15-14-31-12-11-29(15)21-18-9-10-19(16-7-6-8-17(13-16)22(30)25-5)26-20(18)27-23(28-21)24(2,3)4/h6-10,13,15H,11-12,14H2,1-5H3,(H,25,30). The number of amides is 1. The number of benzene rings is 1. The SMILES string of the molecule is CNC(=O)c1cccc(-c2ccc3c(N4CCOCC4C)nc(C(C)(C)C)nc3n2)c1. The molecule has 7 heteroatoms. The topological polar surface area (TPSA) is 80.2 Å². The van der Waals surface area contributed by atoms with Crippen LogP contribution in [0.2, 0.25) is 0 Å². The van der Waals surface area contributed by atoms with Gasteiger partial charge in [0.1, 0.15) is 11.6 Å². The summed E-state index contributed by atoms with van der Waals surface area (Å²) in [7, 11) is 1.63. The van der Waals surface area contributed by atoms with E-state index >= 15 is 0 Å². The summed E-state index contributed by atoms with van der Waals surface area (Å²) in [5, 5.41) is 3.59. The Morgan fingerprint density at radius 2 is 1.97 bits per heavy atom. The van der Waals surface area contributed by atoms with Gasteiger partial charge in [-0.05, 0) is 31.2 Å². The summed E-state index contributed by atoms with van der Waals surface area (Å²) < 4.78 is 5.63. The Balaban J connectivity index is 1.86. The van der Waals surface area contributed by atoms with Gasteiger partial charge in [-0.25, -0.2) is 15.0 Å². The molecular formula is C24H29N5O2. The number of rotatable bonds is 3. The van der Waals surface area contributed by atoms with Gasteiger partial charge in [-0.15, -0.1) is 0 Å². The van der Waals surface area contributed by atoms with Gasteiger partial charge in [0.05, 0.1) is 30.3 Å². The number of nitrogens with zero attached hydrogens (tertiary/aromatic N) is 4. The molecule has 0 bridgehead atoms. The van der Waals surface area contributed by atoms with E-state index in [1.807, 2.05) is 30.3 Å². The molecule has 4 rings (SSSR count). The van der Waals surface area contributed by atoms with Gasteiger partial charge in [0.2, 0.25) is 0 Å². The molecule has 1 atom stereocenters. The van der Waals surface area contributed by atoms with Crippen molar-refractivity contribution in [1.29, 1.82) is 0 Å². The quantitative estimate of drug-likeness (QED) is 0.699. The normalized spacial score (nSPS) is 17.1. The number of nitrogens with one attached hydrogen (secondary N) is 1. The minimum Gasteiger partial charge on any atom is -0.377 e. The second-order valence-electron chi connectivity index (χ2n) is 8.97. The highest BCUT2D eigenvalue weighted by atomic mass is 16.5. The number of ether oxygens (including phenoxy) is 1. The summed E-state index contributed by atoms with van der Waals surface area (Å²) >= 11 is 0. The molecule has 7 nitrogen and oxygen atoms in total. The van der Waals surface area contributed by atoms with Crippen LogP contribution in [0.3, 0.4) is 0 Å². The van der Waals surface area contributed by atoms with Crippen molar-refractivity contribution in [2.24, 2.45) is 0 Å². The van der Waals surface area contributed by atoms with Gasteiger partial charge >= 0.3 is 0 Å². The molecule has 1 saturated heterocycles. The molecule has 0 radical (unpaired) electrons. The fourth-order valence-electron chi connectivity index (χ4n) is 3.72. The van der Waals surface area contributed by atoms with E-state index in [0.29, 0.717) is 24.4 Å². The zero-order valence-electron chi connectivity index (χ0n) is 18.8. The molecule has 1 unspecified atom stereocenters. The average Bonchev–Trinajstić information content (AvgIpc) is 2.77. The van der Waals surface area contributed by atoms with E-state index in [0.717, 1.165) is 34.8 Å². The second kappa shape index (κ2) is 8.23. The Labute approximate surface area is 182 Å². The minimum absolute atomic E-state index is 0.122. The number of carbonyl (C=O) groups excluding carboxylic acids is 1. The molecule has 162 valence electrons. The molecular weight excluding hydrogens is 390 g/mol. The van der Waals surface area contributed by atoms with Crippen LogP contribution in [0.4, 0.5) is 5.82 Å². The number of carbonyl (C=O) groups is 1. The van der Waals surface area contributed by atoms with E-state index in [2.05, 4.69) is 37.9 Å². The summed E-state index contributed by atoms with van der Waals surface area (Å²) in [6, 6.07) is 11.7. The predicted molar refractivity (Wildman–Crippen MR) is 122 cm³/mol. The average molecular weight is 420 g/mol. The Morgan fingerprint density at radius 1 is 1.16 bits per heavy atom. The van der Waals surface area contributed by atoms with Crippen molar-refractivity contribution in [1.82, 2.24) is 20.3 Å². The first-order valence-corrected chi connectivity index (χ1v) is 10.6. The van der Waals surface area contributed by atoms with E-state index in [9.17, 15) is 4.79 Å². The van der Waals surface area contributed by atoms with E-state index in [-0.39, 0.29) is 17.4 Å². The predicted octanol–water partition coefficient (Wildman–Crippen LogP) is 3.57. The highest BCUT2D eigenvalue weighted by Gasteiger charge is 2.26. The molecule has 1 fully saturated rings. The van der Waals surface area contributed by atoms with Crippen LogP contribution < -0.4 is 10.2 Å². The molecule has 0 spiro atoms. The number of hydrogen-bond acceptors (Lipinski definition) is 6. The van der Waals surface area contributed by atoms with Crippen LogP contribution >= 0.6 is 0 Å². The smallest absolute Gasteiger partial charge is 0.251 e. The first kappa shape index (κ1) is 21.2. The maximum Gasteiger partial charge on any atom is 0.251 e. The van der Waals surface area contributed by atoms with Crippen LogP contribution in [-0.4, -0.2) is 53.7 Å². The molecule has 3 aromatic rings. The molecule has 0 aliphatic carbocycles. The number of morpholine rings is 1. The van der Waals surface area contributed by atoms with E-state index < -0.39 is 0 Å². The highest BCUT2D eigenvalue weighted by molar-refractivity contribution is 5.95. The fraction of sp³-hybridized carbons (Fsp3) is 0.417. The van der Waals surface area contributed by atoms with Gasteiger partial charge in [0.25, 0.3) is 5.91 Å². The van der Waals surface area contributed by atoms with Crippen molar-refractivity contribution < 1.29 is 9.53 Å². The monoisotopic (exact) mass is 419 g/mol. The third-order valence-electron chi connectivity index (χ3n) is 5.50.